The van der Waals surface area contributed by atoms with E-state index in [-0.39, 0.29) is 33.9 Å². The summed E-state index contributed by atoms with van der Waals surface area (Å²) in [5.41, 5.74) is 0.224. The first-order valence-electron chi connectivity index (χ1n) is 22.9. The maximum absolute atomic E-state index is 13.8. The molecule has 0 aliphatic heterocycles. The first-order valence-corrected chi connectivity index (χ1v) is 22.9. The molecule has 0 amide bonds. The minimum absolute atomic E-state index is 0.00881. The summed E-state index contributed by atoms with van der Waals surface area (Å²) in [6.45, 7) is 12.5. The van der Waals surface area contributed by atoms with Crippen LogP contribution in [-0.2, 0) is 28.6 Å². The maximum Gasteiger partial charge on any atom is 0.347 e. The van der Waals surface area contributed by atoms with Crippen molar-refractivity contribution in [3.63, 3.8) is 0 Å². The van der Waals surface area contributed by atoms with Crippen LogP contribution in [0.25, 0.3) is 0 Å². The van der Waals surface area contributed by atoms with Crippen molar-refractivity contribution in [2.45, 2.75) is 77.0 Å². The van der Waals surface area contributed by atoms with Crippen molar-refractivity contribution in [1.29, 1.82) is 0 Å². The van der Waals surface area contributed by atoms with Gasteiger partial charge in [-0.05, 0) is 168 Å². The molecule has 0 radical (unpaired) electrons. The Bertz CT molecular complexity index is 2280. The molecule has 0 aliphatic rings. The number of benzene rings is 4. The van der Waals surface area contributed by atoms with Gasteiger partial charge in [0.15, 0.2) is 0 Å². The van der Waals surface area contributed by atoms with E-state index in [0.29, 0.717) is 56.9 Å². The molecule has 0 aliphatic carbocycles. The Hall–Kier alpha value is -7.68. The molecule has 69 heavy (non-hydrogen) atoms. The van der Waals surface area contributed by atoms with Gasteiger partial charge in [-0.3, -0.25) is 0 Å². The Morgan fingerprint density at radius 2 is 0.667 bits per heavy atom. The SMILES string of the molecule is C=CC(=O)OCCCCCCOc1ccc(OC(=O)c2cc(OC(=O)c3ccc(OCCCCCCOC(=O)C=C)cc3)ccc2OC(=O)c2ccc(OCCCCCCOC(=O)C=C)cc2)cc1. The molecule has 0 fully saturated rings. The predicted molar refractivity (Wildman–Crippen MR) is 256 cm³/mol. The van der Waals surface area contributed by atoms with Crippen molar-refractivity contribution in [3.05, 3.63) is 146 Å². The van der Waals surface area contributed by atoms with Crippen LogP contribution in [0.15, 0.2) is 129 Å². The Kier molecular flexibility index (Phi) is 24.5. The lowest BCUT2D eigenvalue weighted by atomic mass is 10.1. The number of hydrogen-bond acceptors (Lipinski definition) is 15. The van der Waals surface area contributed by atoms with Crippen LogP contribution in [0.4, 0.5) is 0 Å². The molecule has 4 aromatic rings. The summed E-state index contributed by atoms with van der Waals surface area (Å²) in [6.07, 6.45) is 13.3. The quantitative estimate of drug-likeness (QED) is 0.0144. The number of ether oxygens (including phenoxy) is 9. The van der Waals surface area contributed by atoms with Crippen molar-refractivity contribution in [1.82, 2.24) is 0 Å². The molecule has 0 saturated carbocycles. The van der Waals surface area contributed by atoms with Crippen LogP contribution in [0.5, 0.6) is 34.5 Å². The zero-order valence-corrected chi connectivity index (χ0v) is 38.9. The minimum Gasteiger partial charge on any atom is -0.494 e. The number of unbranched alkanes of at least 4 members (excludes halogenated alkanes) is 9. The molecule has 366 valence electrons. The zero-order valence-electron chi connectivity index (χ0n) is 38.9. The number of rotatable bonds is 33. The molecule has 0 spiro atoms. The monoisotopic (exact) mass is 948 g/mol. The molecule has 0 saturated heterocycles. The van der Waals surface area contributed by atoms with Gasteiger partial charge in [0.2, 0.25) is 0 Å². The highest BCUT2D eigenvalue weighted by Crippen LogP contribution is 2.29. The average Bonchev–Trinajstić information content (AvgIpc) is 3.37. The van der Waals surface area contributed by atoms with Gasteiger partial charge in [0.25, 0.3) is 0 Å². The fraction of sp³-hybridized carbons (Fsp3) is 0.333. The highest BCUT2D eigenvalue weighted by atomic mass is 16.6. The second-order valence-corrected chi connectivity index (χ2v) is 15.2. The first-order chi connectivity index (χ1) is 33.6. The van der Waals surface area contributed by atoms with Crippen LogP contribution in [0, 0.1) is 0 Å². The molecule has 15 nitrogen and oxygen atoms in total. The standard InChI is InChI=1S/C54H60O15/c1-4-49(55)64-36-16-10-7-13-33-61-42-23-19-40(20-24-42)52(58)68-46-31-32-48(69-53(59)41-21-25-43(26-22-41)62-34-14-8-11-17-37-65-50(56)5-2)47(39-46)54(60)67-45-29-27-44(28-30-45)63-35-15-9-12-18-38-66-51(57)6-3/h4-6,19-32,39H,1-3,7-18,33-38H2. The fourth-order valence-corrected chi connectivity index (χ4v) is 6.22. The summed E-state index contributed by atoms with van der Waals surface area (Å²) in [4.78, 5) is 73.8. The van der Waals surface area contributed by atoms with Crippen molar-refractivity contribution in [2.24, 2.45) is 0 Å². The van der Waals surface area contributed by atoms with E-state index in [2.05, 4.69) is 19.7 Å². The van der Waals surface area contributed by atoms with Gasteiger partial charge in [-0.25, -0.2) is 28.8 Å². The van der Waals surface area contributed by atoms with E-state index in [9.17, 15) is 28.8 Å². The molecule has 4 aromatic carbocycles. The molecule has 0 N–H and O–H groups in total. The second kappa shape index (κ2) is 31.3. The molecular formula is C54H60O15. The van der Waals surface area contributed by atoms with Crippen molar-refractivity contribution >= 4 is 35.8 Å². The second-order valence-electron chi connectivity index (χ2n) is 15.2. The van der Waals surface area contributed by atoms with Crippen LogP contribution in [0.3, 0.4) is 0 Å². The van der Waals surface area contributed by atoms with Gasteiger partial charge in [0.1, 0.15) is 40.1 Å². The zero-order chi connectivity index (χ0) is 49.5. The summed E-state index contributed by atoms with van der Waals surface area (Å²) in [5, 5.41) is 0. The van der Waals surface area contributed by atoms with Gasteiger partial charge in [-0.2, -0.15) is 0 Å². The number of esters is 6. The summed E-state index contributed by atoms with van der Waals surface area (Å²) in [5.74, 6) is -1.95. The van der Waals surface area contributed by atoms with E-state index < -0.39 is 35.8 Å². The van der Waals surface area contributed by atoms with Gasteiger partial charge in [-0.15, -0.1) is 0 Å². The van der Waals surface area contributed by atoms with E-state index in [1.807, 2.05) is 0 Å². The van der Waals surface area contributed by atoms with Crippen molar-refractivity contribution < 1.29 is 71.4 Å². The van der Waals surface area contributed by atoms with E-state index in [1.54, 1.807) is 72.8 Å². The first kappa shape index (κ1) is 53.9. The Balaban J connectivity index is 1.35. The molecule has 0 heterocycles. The average molecular weight is 949 g/mol. The van der Waals surface area contributed by atoms with Gasteiger partial charge in [-0.1, -0.05) is 19.7 Å². The van der Waals surface area contributed by atoms with Crippen LogP contribution in [-0.4, -0.2) is 75.5 Å². The molecule has 15 heteroatoms. The van der Waals surface area contributed by atoms with E-state index in [4.69, 9.17) is 42.6 Å². The molecule has 0 bridgehead atoms. The summed E-state index contributed by atoms with van der Waals surface area (Å²) < 4.78 is 49.4. The van der Waals surface area contributed by atoms with E-state index in [1.165, 1.54) is 18.2 Å². The normalized spacial score (nSPS) is 10.4. The minimum atomic E-state index is -0.887. The van der Waals surface area contributed by atoms with Crippen molar-refractivity contribution in [2.75, 3.05) is 39.6 Å². The summed E-state index contributed by atoms with van der Waals surface area (Å²) in [7, 11) is 0. The third-order valence-electron chi connectivity index (χ3n) is 9.95. The number of carbonyl (C=O) groups is 6. The number of hydrogen-bond donors (Lipinski definition) is 0. The highest BCUT2D eigenvalue weighted by molar-refractivity contribution is 5.98. The lowest BCUT2D eigenvalue weighted by Crippen LogP contribution is -2.15. The third kappa shape index (κ3) is 21.2. The fourth-order valence-electron chi connectivity index (χ4n) is 6.22. The van der Waals surface area contributed by atoms with Crippen LogP contribution in [0.2, 0.25) is 0 Å². The Morgan fingerprint density at radius 3 is 1.06 bits per heavy atom. The van der Waals surface area contributed by atoms with E-state index >= 15 is 0 Å². The van der Waals surface area contributed by atoms with Crippen LogP contribution >= 0.6 is 0 Å². The third-order valence-corrected chi connectivity index (χ3v) is 9.95. The summed E-state index contributed by atoms with van der Waals surface area (Å²) >= 11 is 0. The van der Waals surface area contributed by atoms with Gasteiger partial charge < -0.3 is 42.6 Å². The maximum atomic E-state index is 13.8. The molecule has 0 aromatic heterocycles. The molecule has 0 unspecified atom stereocenters. The lowest BCUT2D eigenvalue weighted by Gasteiger charge is -2.13. The molecular weight excluding hydrogens is 889 g/mol. The lowest BCUT2D eigenvalue weighted by molar-refractivity contribution is -0.138. The molecule has 0 atom stereocenters. The highest BCUT2D eigenvalue weighted by Gasteiger charge is 2.22. The van der Waals surface area contributed by atoms with Gasteiger partial charge in [0, 0.05) is 18.2 Å². The smallest absolute Gasteiger partial charge is 0.347 e. The largest absolute Gasteiger partial charge is 0.494 e. The molecule has 4 rings (SSSR count). The van der Waals surface area contributed by atoms with Crippen molar-refractivity contribution in [3.8, 4) is 34.5 Å². The van der Waals surface area contributed by atoms with E-state index in [0.717, 1.165) is 95.3 Å². The topological polar surface area (TPSA) is 185 Å². The Labute approximate surface area is 402 Å². The van der Waals surface area contributed by atoms with Gasteiger partial charge >= 0.3 is 35.8 Å². The van der Waals surface area contributed by atoms with Gasteiger partial charge in [0.05, 0.1) is 50.8 Å². The predicted octanol–water partition coefficient (Wildman–Crippen LogP) is 10.3. The Morgan fingerprint density at radius 1 is 0.348 bits per heavy atom. The van der Waals surface area contributed by atoms with Crippen LogP contribution in [0.1, 0.15) is 108 Å². The number of carbonyl (C=O) groups excluding carboxylic acids is 6. The summed E-state index contributed by atoms with van der Waals surface area (Å²) in [6, 6.07) is 23.2. The van der Waals surface area contributed by atoms with Crippen LogP contribution < -0.4 is 28.4 Å².